The molecule has 1 aliphatic heterocycles. The topological polar surface area (TPSA) is 63.9 Å². The number of nitrogens with zero attached hydrogens (tertiary/aromatic N) is 4. The summed E-state index contributed by atoms with van der Waals surface area (Å²) in [4.78, 5) is 11.0. The van der Waals surface area contributed by atoms with E-state index < -0.39 is 0 Å². The molecule has 1 saturated heterocycles. The fourth-order valence-corrected chi connectivity index (χ4v) is 4.65. The van der Waals surface area contributed by atoms with Gasteiger partial charge in [0.1, 0.15) is 5.65 Å². The Morgan fingerprint density at radius 1 is 1.03 bits per heavy atom. The zero-order chi connectivity index (χ0) is 21.9. The first kappa shape index (κ1) is 20.3. The molecule has 0 radical (unpaired) electrons. The van der Waals surface area contributed by atoms with Gasteiger partial charge in [-0.3, -0.25) is 4.98 Å². The van der Waals surface area contributed by atoms with Gasteiger partial charge in [0.15, 0.2) is 11.5 Å². The predicted octanol–water partition coefficient (Wildman–Crippen LogP) is 3.86. The Bertz CT molecular complexity index is 1190. The number of anilines is 1. The number of para-hydroxylation sites is 1. The van der Waals surface area contributed by atoms with Gasteiger partial charge < -0.3 is 24.1 Å². The van der Waals surface area contributed by atoms with Crippen molar-refractivity contribution < 1.29 is 9.47 Å². The van der Waals surface area contributed by atoms with Crippen LogP contribution in [0.3, 0.4) is 0 Å². The fraction of sp³-hybridized carbons (Fsp3) is 0.280. The van der Waals surface area contributed by atoms with E-state index in [4.69, 9.17) is 9.47 Å². The van der Waals surface area contributed by atoms with Crippen molar-refractivity contribution in [3.63, 3.8) is 0 Å². The minimum Gasteiger partial charge on any atom is -0.493 e. The summed E-state index contributed by atoms with van der Waals surface area (Å²) in [5, 5.41) is 3.78. The van der Waals surface area contributed by atoms with Crippen LogP contribution in [-0.2, 0) is 6.54 Å². The second-order valence-electron chi connectivity index (χ2n) is 7.93. The molecule has 4 heterocycles. The molecule has 0 bridgehead atoms. The third kappa shape index (κ3) is 3.76. The molecule has 5 rings (SSSR count). The lowest BCUT2D eigenvalue weighted by atomic mass is 9.97. The first-order chi connectivity index (χ1) is 15.8. The summed E-state index contributed by atoms with van der Waals surface area (Å²) < 4.78 is 13.5. The zero-order valence-corrected chi connectivity index (χ0v) is 18.3. The number of rotatable bonds is 7. The van der Waals surface area contributed by atoms with Crippen molar-refractivity contribution >= 4 is 11.3 Å². The molecule has 1 aliphatic rings. The number of hydrogen-bond acceptors (Lipinski definition) is 6. The second-order valence-corrected chi connectivity index (χ2v) is 7.93. The Morgan fingerprint density at radius 2 is 1.91 bits per heavy atom. The summed E-state index contributed by atoms with van der Waals surface area (Å²) in [6.45, 7) is 1.71. The monoisotopic (exact) mass is 429 g/mol. The van der Waals surface area contributed by atoms with Gasteiger partial charge in [-0.25, -0.2) is 4.98 Å². The maximum absolute atomic E-state index is 5.83. The van der Waals surface area contributed by atoms with Gasteiger partial charge >= 0.3 is 0 Å². The largest absolute Gasteiger partial charge is 0.493 e. The van der Waals surface area contributed by atoms with Crippen LogP contribution in [0.1, 0.15) is 23.6 Å². The maximum atomic E-state index is 5.83. The molecule has 1 N–H and O–H groups in total. The van der Waals surface area contributed by atoms with Crippen LogP contribution in [0.15, 0.2) is 73.4 Å². The highest BCUT2D eigenvalue weighted by atomic mass is 16.5. The van der Waals surface area contributed by atoms with E-state index in [9.17, 15) is 0 Å². The van der Waals surface area contributed by atoms with Crippen molar-refractivity contribution in [3.8, 4) is 11.5 Å². The summed E-state index contributed by atoms with van der Waals surface area (Å²) in [6, 6.07) is 14.8. The van der Waals surface area contributed by atoms with Crippen LogP contribution >= 0.6 is 0 Å². The Morgan fingerprint density at radius 3 is 2.72 bits per heavy atom. The molecule has 7 heteroatoms. The highest BCUT2D eigenvalue weighted by Gasteiger charge is 2.37. The number of imidazole rings is 1. The lowest BCUT2D eigenvalue weighted by Crippen LogP contribution is -2.36. The van der Waals surface area contributed by atoms with Crippen LogP contribution in [0.2, 0.25) is 0 Å². The van der Waals surface area contributed by atoms with E-state index in [0.717, 1.165) is 47.9 Å². The molecule has 7 nitrogen and oxygen atoms in total. The van der Waals surface area contributed by atoms with E-state index in [-0.39, 0.29) is 12.1 Å². The summed E-state index contributed by atoms with van der Waals surface area (Å²) in [5.41, 5.74) is 4.41. The first-order valence-corrected chi connectivity index (χ1v) is 10.8. The van der Waals surface area contributed by atoms with Crippen LogP contribution in [0.5, 0.6) is 11.5 Å². The normalized spacial score (nSPS) is 18.2. The van der Waals surface area contributed by atoms with Crippen molar-refractivity contribution in [1.82, 2.24) is 19.7 Å². The number of fused-ring (bicyclic) bond motifs is 1. The SMILES string of the molecule is COc1cccc(C2C(NCc3ccncc3)CCN2c2ccn3ccnc3c2)c1OC. The molecular formula is C25H27N5O2. The molecule has 164 valence electrons. The van der Waals surface area contributed by atoms with Gasteiger partial charge in [-0.2, -0.15) is 0 Å². The van der Waals surface area contributed by atoms with E-state index >= 15 is 0 Å². The molecule has 0 saturated carbocycles. The molecule has 0 aliphatic carbocycles. The van der Waals surface area contributed by atoms with Gasteiger partial charge in [-0.15, -0.1) is 0 Å². The highest BCUT2D eigenvalue weighted by Crippen LogP contribution is 2.43. The third-order valence-corrected chi connectivity index (χ3v) is 6.18. The van der Waals surface area contributed by atoms with Crippen molar-refractivity contribution in [2.45, 2.75) is 25.0 Å². The lowest BCUT2D eigenvalue weighted by molar-refractivity contribution is 0.346. The smallest absolute Gasteiger partial charge is 0.166 e. The molecule has 2 atom stereocenters. The summed E-state index contributed by atoms with van der Waals surface area (Å²) in [5.74, 6) is 1.53. The van der Waals surface area contributed by atoms with Gasteiger partial charge in [0.2, 0.25) is 0 Å². The molecule has 1 aromatic carbocycles. The lowest BCUT2D eigenvalue weighted by Gasteiger charge is -2.32. The first-order valence-electron chi connectivity index (χ1n) is 10.8. The molecule has 0 amide bonds. The number of aromatic nitrogens is 3. The molecule has 32 heavy (non-hydrogen) atoms. The number of benzene rings is 1. The molecule has 0 spiro atoms. The van der Waals surface area contributed by atoms with Crippen LogP contribution in [0.25, 0.3) is 5.65 Å². The second kappa shape index (κ2) is 8.88. The van der Waals surface area contributed by atoms with Gasteiger partial charge in [-0.1, -0.05) is 12.1 Å². The Labute approximate surface area is 187 Å². The summed E-state index contributed by atoms with van der Waals surface area (Å²) in [7, 11) is 3.39. The van der Waals surface area contributed by atoms with E-state index in [1.54, 1.807) is 14.2 Å². The number of methoxy groups -OCH3 is 2. The van der Waals surface area contributed by atoms with E-state index in [1.165, 1.54) is 5.56 Å². The van der Waals surface area contributed by atoms with Gasteiger partial charge in [0, 0.05) is 67.4 Å². The highest BCUT2D eigenvalue weighted by molar-refractivity contribution is 5.60. The molecule has 1 fully saturated rings. The Kier molecular flexibility index (Phi) is 5.64. The number of pyridine rings is 2. The standard InChI is InChI=1S/C25H27N5O2/c1-31-22-5-3-4-20(25(22)32-2)24-21(28-17-18-6-10-26-11-7-18)9-14-30(24)19-8-13-29-15-12-27-23(29)16-19/h3-8,10-13,15-16,21,24,28H,9,14,17H2,1-2H3. The number of hydrogen-bond donors (Lipinski definition) is 1. The maximum Gasteiger partial charge on any atom is 0.166 e. The van der Waals surface area contributed by atoms with E-state index in [0.29, 0.717) is 0 Å². The van der Waals surface area contributed by atoms with Crippen LogP contribution < -0.4 is 19.7 Å². The van der Waals surface area contributed by atoms with Crippen molar-refractivity contribution in [3.05, 3.63) is 84.6 Å². The number of nitrogens with one attached hydrogen (secondary N) is 1. The zero-order valence-electron chi connectivity index (χ0n) is 18.3. The van der Waals surface area contributed by atoms with Crippen molar-refractivity contribution in [2.75, 3.05) is 25.7 Å². The van der Waals surface area contributed by atoms with E-state index in [1.807, 2.05) is 53.5 Å². The van der Waals surface area contributed by atoms with Gasteiger partial charge in [0.25, 0.3) is 0 Å². The van der Waals surface area contributed by atoms with Crippen molar-refractivity contribution in [2.24, 2.45) is 0 Å². The quantitative estimate of drug-likeness (QED) is 0.481. The van der Waals surface area contributed by atoms with Crippen LogP contribution in [0, 0.1) is 0 Å². The minimum absolute atomic E-state index is 0.0827. The average molecular weight is 430 g/mol. The molecule has 2 unspecified atom stereocenters. The summed E-state index contributed by atoms with van der Waals surface area (Å²) in [6.07, 6.45) is 10.5. The van der Waals surface area contributed by atoms with Crippen LogP contribution in [-0.4, -0.2) is 41.2 Å². The van der Waals surface area contributed by atoms with E-state index in [2.05, 4.69) is 44.6 Å². The molecule has 4 aromatic rings. The summed E-state index contributed by atoms with van der Waals surface area (Å²) >= 11 is 0. The third-order valence-electron chi connectivity index (χ3n) is 6.18. The number of ether oxygens (including phenoxy) is 2. The van der Waals surface area contributed by atoms with Crippen LogP contribution in [0.4, 0.5) is 5.69 Å². The fourth-order valence-electron chi connectivity index (χ4n) is 4.65. The predicted molar refractivity (Wildman–Crippen MR) is 124 cm³/mol. The Hall–Kier alpha value is -3.58. The molecular weight excluding hydrogens is 402 g/mol. The Balaban J connectivity index is 1.53. The molecule has 3 aromatic heterocycles. The van der Waals surface area contributed by atoms with Crippen molar-refractivity contribution in [1.29, 1.82) is 0 Å². The van der Waals surface area contributed by atoms with Gasteiger partial charge in [-0.05, 0) is 36.2 Å². The van der Waals surface area contributed by atoms with Gasteiger partial charge in [0.05, 0.1) is 20.3 Å². The average Bonchev–Trinajstić information content (AvgIpc) is 3.49. The minimum atomic E-state index is 0.0827.